The Morgan fingerprint density at radius 3 is 2.24 bits per heavy atom. The third-order valence-corrected chi connectivity index (χ3v) is 5.22. The van der Waals surface area contributed by atoms with Crippen LogP contribution in [0.5, 0.6) is 11.5 Å². The molecule has 2 aromatic carbocycles. The molecule has 180 valence electrons. The molecule has 1 N–H and O–H groups in total. The largest absolute Gasteiger partial charge is 0.490 e. The van der Waals surface area contributed by atoms with Crippen molar-refractivity contribution >= 4 is 11.8 Å². The molecule has 2 rings (SSSR count). The minimum atomic E-state index is -0.645. The highest BCUT2D eigenvalue weighted by Gasteiger charge is 2.25. The van der Waals surface area contributed by atoms with E-state index in [2.05, 4.69) is 5.32 Å². The maximum atomic E-state index is 13.3. The van der Waals surface area contributed by atoms with E-state index in [0.717, 1.165) is 17.5 Å². The lowest BCUT2D eigenvalue weighted by Crippen LogP contribution is -2.47. The molecule has 0 fully saturated rings. The van der Waals surface area contributed by atoms with E-state index < -0.39 is 6.04 Å². The molecular formula is C26H35FN2O4. The topological polar surface area (TPSA) is 67.9 Å². The second-order valence-corrected chi connectivity index (χ2v) is 7.76. The van der Waals surface area contributed by atoms with Crippen LogP contribution in [0.15, 0.2) is 42.5 Å². The van der Waals surface area contributed by atoms with Crippen LogP contribution in [-0.4, -0.2) is 42.5 Å². The van der Waals surface area contributed by atoms with Crippen molar-refractivity contribution in [1.82, 2.24) is 10.2 Å². The van der Waals surface area contributed by atoms with Crippen LogP contribution in [0.4, 0.5) is 4.39 Å². The molecular weight excluding hydrogens is 423 g/mol. The molecule has 1 atom stereocenters. The first kappa shape index (κ1) is 26.2. The third kappa shape index (κ3) is 8.08. The van der Waals surface area contributed by atoms with Crippen molar-refractivity contribution in [3.63, 3.8) is 0 Å². The van der Waals surface area contributed by atoms with Crippen LogP contribution in [0.2, 0.25) is 0 Å². The van der Waals surface area contributed by atoms with Gasteiger partial charge < -0.3 is 19.7 Å². The summed E-state index contributed by atoms with van der Waals surface area (Å²) in [6.07, 6.45) is 1.53. The molecule has 0 bridgehead atoms. The summed E-state index contributed by atoms with van der Waals surface area (Å²) in [6, 6.07) is 11.0. The van der Waals surface area contributed by atoms with Crippen molar-refractivity contribution in [2.75, 3.05) is 19.8 Å². The van der Waals surface area contributed by atoms with E-state index in [1.807, 2.05) is 39.0 Å². The highest BCUT2D eigenvalue weighted by atomic mass is 19.1. The van der Waals surface area contributed by atoms with Gasteiger partial charge in [0, 0.05) is 19.5 Å². The van der Waals surface area contributed by atoms with E-state index in [-0.39, 0.29) is 30.6 Å². The lowest BCUT2D eigenvalue weighted by atomic mass is 10.1. The Morgan fingerprint density at radius 1 is 0.970 bits per heavy atom. The standard InChI is InChI=1S/C26H35FN2O4/c1-5-16-28-26(31)19(4)29(18-21-8-12-22(27)13-9-21)25(30)15-11-20-10-14-23(32-6-2)24(17-20)33-7-3/h8-10,12-14,17,19H,5-7,11,15-16,18H2,1-4H3,(H,28,31)/t19-/m0/s1. The summed E-state index contributed by atoms with van der Waals surface area (Å²) in [4.78, 5) is 27.3. The van der Waals surface area contributed by atoms with Gasteiger partial charge in [-0.3, -0.25) is 9.59 Å². The maximum absolute atomic E-state index is 13.3. The lowest BCUT2D eigenvalue weighted by Gasteiger charge is -2.29. The molecule has 0 aromatic heterocycles. The Labute approximate surface area is 196 Å². The third-order valence-electron chi connectivity index (χ3n) is 5.22. The SMILES string of the molecule is CCCNC(=O)[C@H](C)N(Cc1ccc(F)cc1)C(=O)CCc1ccc(OCC)c(OCC)c1. The van der Waals surface area contributed by atoms with Crippen LogP contribution < -0.4 is 14.8 Å². The fourth-order valence-electron chi connectivity index (χ4n) is 3.41. The second-order valence-electron chi connectivity index (χ2n) is 7.76. The first-order valence-electron chi connectivity index (χ1n) is 11.6. The minimum Gasteiger partial charge on any atom is -0.490 e. The summed E-state index contributed by atoms with van der Waals surface area (Å²) < 4.78 is 24.6. The quantitative estimate of drug-likeness (QED) is 0.480. The normalized spacial score (nSPS) is 11.5. The van der Waals surface area contributed by atoms with E-state index in [1.165, 1.54) is 12.1 Å². The van der Waals surface area contributed by atoms with Crippen molar-refractivity contribution in [1.29, 1.82) is 0 Å². The van der Waals surface area contributed by atoms with Crippen LogP contribution >= 0.6 is 0 Å². The molecule has 0 aliphatic heterocycles. The molecule has 0 heterocycles. The lowest BCUT2D eigenvalue weighted by molar-refractivity contribution is -0.140. The zero-order valence-corrected chi connectivity index (χ0v) is 20.0. The van der Waals surface area contributed by atoms with Crippen LogP contribution in [0, 0.1) is 5.82 Å². The fraction of sp³-hybridized carbons (Fsp3) is 0.462. The highest BCUT2D eigenvalue weighted by molar-refractivity contribution is 5.87. The molecule has 0 saturated heterocycles. The Morgan fingerprint density at radius 2 is 1.61 bits per heavy atom. The van der Waals surface area contributed by atoms with Crippen molar-refractivity contribution < 1.29 is 23.5 Å². The highest BCUT2D eigenvalue weighted by Crippen LogP contribution is 2.29. The molecule has 0 radical (unpaired) electrons. The summed E-state index contributed by atoms with van der Waals surface area (Å²) >= 11 is 0. The zero-order valence-electron chi connectivity index (χ0n) is 20.0. The average Bonchev–Trinajstić information content (AvgIpc) is 2.81. The number of halogens is 1. The summed E-state index contributed by atoms with van der Waals surface area (Å²) in [5.74, 6) is 0.636. The number of nitrogens with zero attached hydrogens (tertiary/aromatic N) is 1. The number of hydrogen-bond acceptors (Lipinski definition) is 4. The van der Waals surface area contributed by atoms with E-state index in [0.29, 0.717) is 37.7 Å². The molecule has 7 heteroatoms. The number of nitrogens with one attached hydrogen (secondary N) is 1. The van der Waals surface area contributed by atoms with Gasteiger partial charge in [-0.2, -0.15) is 0 Å². The molecule has 6 nitrogen and oxygen atoms in total. The van der Waals surface area contributed by atoms with Crippen LogP contribution in [0.1, 0.15) is 51.7 Å². The van der Waals surface area contributed by atoms with Gasteiger partial charge in [-0.25, -0.2) is 4.39 Å². The number of benzene rings is 2. The van der Waals surface area contributed by atoms with Gasteiger partial charge in [-0.1, -0.05) is 25.1 Å². The fourth-order valence-corrected chi connectivity index (χ4v) is 3.41. The molecule has 2 amide bonds. The number of ether oxygens (including phenoxy) is 2. The van der Waals surface area contributed by atoms with Gasteiger partial charge in [0.2, 0.25) is 11.8 Å². The van der Waals surface area contributed by atoms with Crippen molar-refractivity contribution in [2.24, 2.45) is 0 Å². The molecule has 33 heavy (non-hydrogen) atoms. The molecule has 0 aliphatic rings. The zero-order chi connectivity index (χ0) is 24.2. The predicted octanol–water partition coefficient (Wildman–Crippen LogP) is 4.50. The number of rotatable bonds is 13. The molecule has 0 spiro atoms. The van der Waals surface area contributed by atoms with Gasteiger partial charge in [0.25, 0.3) is 0 Å². The Hall–Kier alpha value is -3.09. The van der Waals surface area contributed by atoms with Gasteiger partial charge >= 0.3 is 0 Å². The van der Waals surface area contributed by atoms with Gasteiger partial charge in [0.05, 0.1) is 13.2 Å². The molecule has 0 saturated carbocycles. The monoisotopic (exact) mass is 458 g/mol. The maximum Gasteiger partial charge on any atom is 0.242 e. The van der Waals surface area contributed by atoms with E-state index in [4.69, 9.17) is 9.47 Å². The molecule has 0 aliphatic carbocycles. The summed E-state index contributed by atoms with van der Waals surface area (Å²) in [6.45, 7) is 9.34. The first-order valence-corrected chi connectivity index (χ1v) is 11.6. The number of carbonyl (C=O) groups excluding carboxylic acids is 2. The Bertz CT molecular complexity index is 902. The molecule has 2 aromatic rings. The van der Waals surface area contributed by atoms with Crippen LogP contribution in [-0.2, 0) is 22.6 Å². The Balaban J connectivity index is 2.15. The van der Waals surface area contributed by atoms with Gasteiger partial charge in [-0.15, -0.1) is 0 Å². The number of hydrogen-bond donors (Lipinski definition) is 1. The summed E-state index contributed by atoms with van der Waals surface area (Å²) in [7, 11) is 0. The number of amides is 2. The summed E-state index contributed by atoms with van der Waals surface area (Å²) in [5.41, 5.74) is 1.71. The Kier molecular flexibility index (Phi) is 10.7. The first-order chi connectivity index (χ1) is 15.9. The van der Waals surface area contributed by atoms with Crippen molar-refractivity contribution in [2.45, 2.75) is 59.5 Å². The van der Waals surface area contributed by atoms with E-state index in [9.17, 15) is 14.0 Å². The van der Waals surface area contributed by atoms with Crippen LogP contribution in [0.3, 0.4) is 0 Å². The van der Waals surface area contributed by atoms with Gasteiger partial charge in [0.1, 0.15) is 11.9 Å². The van der Waals surface area contributed by atoms with Crippen molar-refractivity contribution in [3.8, 4) is 11.5 Å². The van der Waals surface area contributed by atoms with Crippen LogP contribution in [0.25, 0.3) is 0 Å². The average molecular weight is 459 g/mol. The van der Waals surface area contributed by atoms with Crippen molar-refractivity contribution in [3.05, 3.63) is 59.4 Å². The van der Waals surface area contributed by atoms with E-state index >= 15 is 0 Å². The molecule has 0 unspecified atom stereocenters. The van der Waals surface area contributed by atoms with Gasteiger partial charge in [-0.05, 0) is 69.0 Å². The van der Waals surface area contributed by atoms with E-state index in [1.54, 1.807) is 24.0 Å². The number of aryl methyl sites for hydroxylation is 1. The second kappa shape index (κ2) is 13.5. The smallest absolute Gasteiger partial charge is 0.242 e. The minimum absolute atomic E-state index is 0.148. The predicted molar refractivity (Wildman–Crippen MR) is 127 cm³/mol. The van der Waals surface area contributed by atoms with Gasteiger partial charge in [0.15, 0.2) is 11.5 Å². The summed E-state index contributed by atoms with van der Waals surface area (Å²) in [5, 5.41) is 2.85. The number of carbonyl (C=O) groups is 2.